The first-order valence-electron chi connectivity index (χ1n) is 7.95. The van der Waals surface area contributed by atoms with Gasteiger partial charge in [0.1, 0.15) is 17.2 Å². The first-order valence-corrected chi connectivity index (χ1v) is 7.95. The predicted octanol–water partition coefficient (Wildman–Crippen LogP) is 2.47. The molecule has 0 spiro atoms. The highest BCUT2D eigenvalue weighted by Crippen LogP contribution is 2.22. The van der Waals surface area contributed by atoms with Crippen LogP contribution in [0, 0.1) is 0 Å². The summed E-state index contributed by atoms with van der Waals surface area (Å²) in [7, 11) is 0. The van der Waals surface area contributed by atoms with Gasteiger partial charge in [0, 0.05) is 24.6 Å². The zero-order chi connectivity index (χ0) is 22.0. The number of alkyl halides is 3. The van der Waals surface area contributed by atoms with Crippen LogP contribution in [0.2, 0.25) is 0 Å². The molecule has 0 bridgehead atoms. The van der Waals surface area contributed by atoms with E-state index in [0.29, 0.717) is 11.5 Å². The summed E-state index contributed by atoms with van der Waals surface area (Å²) in [6, 6.07) is 12.8. The van der Waals surface area contributed by atoms with Crippen molar-refractivity contribution in [1.29, 1.82) is 0 Å². The molecule has 11 heteroatoms. The molecule has 1 heterocycles. The zero-order valence-corrected chi connectivity index (χ0v) is 14.8. The normalized spacial score (nSPS) is 11.2. The molecule has 0 fully saturated rings. The summed E-state index contributed by atoms with van der Waals surface area (Å²) in [5.74, 6) is -3.50. The molecule has 1 aromatic carbocycles. The lowest BCUT2D eigenvalue weighted by Gasteiger charge is -2.04. The van der Waals surface area contributed by atoms with Gasteiger partial charge in [0.15, 0.2) is 0 Å². The van der Waals surface area contributed by atoms with Crippen LogP contribution in [0.25, 0.3) is 17.4 Å². The number of aliphatic carboxylic acids is 2. The largest absolute Gasteiger partial charge is 0.490 e. The number of benzene rings is 1. The standard InChI is InChI=1S/C16H16N2O4.C2HF3O2/c17-9-8-15(19)18-13(16(20)21)10-12-6-7-14(22-12)11-4-2-1-3-5-11;3-2(4,5)1(6)7/h1-7,10H,8-9,17H2,(H,18,19)(H,20,21);(H,6,7). The van der Waals surface area contributed by atoms with Gasteiger partial charge in [-0.3, -0.25) is 4.79 Å². The number of carboxylic acids is 2. The Morgan fingerprint density at radius 2 is 1.66 bits per heavy atom. The van der Waals surface area contributed by atoms with Crippen molar-refractivity contribution < 1.29 is 42.2 Å². The van der Waals surface area contributed by atoms with E-state index in [9.17, 15) is 22.8 Å². The highest BCUT2D eigenvalue weighted by Gasteiger charge is 2.38. The van der Waals surface area contributed by atoms with E-state index in [0.717, 1.165) is 5.56 Å². The van der Waals surface area contributed by atoms with Crippen LogP contribution >= 0.6 is 0 Å². The number of carbonyl (C=O) groups is 3. The van der Waals surface area contributed by atoms with Gasteiger partial charge in [-0.05, 0) is 12.1 Å². The summed E-state index contributed by atoms with van der Waals surface area (Å²) in [6.07, 6.45) is -3.76. The number of carboxylic acid groups (broad SMARTS) is 2. The van der Waals surface area contributed by atoms with Crippen molar-refractivity contribution in [3.8, 4) is 11.3 Å². The third-order valence-corrected chi connectivity index (χ3v) is 3.09. The molecule has 0 aliphatic carbocycles. The Hall–Kier alpha value is -3.60. The van der Waals surface area contributed by atoms with E-state index in [-0.39, 0.29) is 18.7 Å². The summed E-state index contributed by atoms with van der Waals surface area (Å²) in [4.78, 5) is 31.5. The third-order valence-electron chi connectivity index (χ3n) is 3.09. The smallest absolute Gasteiger partial charge is 0.477 e. The minimum Gasteiger partial charge on any atom is -0.477 e. The first-order chi connectivity index (χ1) is 13.5. The van der Waals surface area contributed by atoms with Crippen molar-refractivity contribution in [2.75, 3.05) is 6.54 Å². The lowest BCUT2D eigenvalue weighted by Crippen LogP contribution is -2.28. The van der Waals surface area contributed by atoms with Crippen LogP contribution in [0.1, 0.15) is 12.2 Å². The first kappa shape index (κ1) is 23.4. The number of nitrogens with one attached hydrogen (secondary N) is 1. The number of hydrogen-bond donors (Lipinski definition) is 4. The molecule has 2 aromatic rings. The topological polar surface area (TPSA) is 143 Å². The monoisotopic (exact) mass is 414 g/mol. The maximum atomic E-state index is 11.4. The molecule has 5 N–H and O–H groups in total. The fourth-order valence-electron chi connectivity index (χ4n) is 1.83. The van der Waals surface area contributed by atoms with Gasteiger partial charge >= 0.3 is 18.1 Å². The molecule has 29 heavy (non-hydrogen) atoms. The number of amides is 1. The van der Waals surface area contributed by atoms with Crippen molar-refractivity contribution in [3.05, 3.63) is 53.9 Å². The van der Waals surface area contributed by atoms with Gasteiger partial charge in [-0.2, -0.15) is 13.2 Å². The summed E-state index contributed by atoms with van der Waals surface area (Å²) in [6.45, 7) is 0.150. The molecule has 0 radical (unpaired) electrons. The van der Waals surface area contributed by atoms with Gasteiger partial charge in [0.2, 0.25) is 5.91 Å². The van der Waals surface area contributed by atoms with Gasteiger partial charge in [-0.15, -0.1) is 0 Å². The Morgan fingerprint density at radius 3 is 2.14 bits per heavy atom. The second-order valence-corrected chi connectivity index (χ2v) is 5.32. The summed E-state index contributed by atoms with van der Waals surface area (Å²) >= 11 is 0. The van der Waals surface area contributed by atoms with Crippen molar-refractivity contribution in [1.82, 2.24) is 5.32 Å². The van der Waals surface area contributed by atoms with Crippen LogP contribution in [0.3, 0.4) is 0 Å². The van der Waals surface area contributed by atoms with Crippen LogP contribution in [-0.4, -0.2) is 40.8 Å². The Morgan fingerprint density at radius 1 is 1.07 bits per heavy atom. The highest BCUT2D eigenvalue weighted by atomic mass is 19.4. The minimum atomic E-state index is -5.08. The summed E-state index contributed by atoms with van der Waals surface area (Å²) in [5.41, 5.74) is 5.88. The maximum absolute atomic E-state index is 11.4. The van der Waals surface area contributed by atoms with Crippen LogP contribution < -0.4 is 11.1 Å². The molecule has 8 nitrogen and oxygen atoms in total. The Labute approximate surface area is 162 Å². The summed E-state index contributed by atoms with van der Waals surface area (Å²) < 4.78 is 37.3. The quantitative estimate of drug-likeness (QED) is 0.532. The van der Waals surface area contributed by atoms with Gasteiger partial charge in [-0.25, -0.2) is 9.59 Å². The fourth-order valence-corrected chi connectivity index (χ4v) is 1.83. The number of halogens is 3. The molecular formula is C18H17F3N2O6. The Bertz CT molecular complexity index is 875. The number of hydrogen-bond acceptors (Lipinski definition) is 5. The number of nitrogens with two attached hydrogens (primary N) is 1. The third kappa shape index (κ3) is 8.30. The number of furan rings is 1. The highest BCUT2D eigenvalue weighted by molar-refractivity contribution is 5.96. The van der Waals surface area contributed by atoms with Gasteiger partial charge in [0.25, 0.3) is 0 Å². The molecule has 0 aliphatic rings. The van der Waals surface area contributed by atoms with Crippen molar-refractivity contribution in [2.45, 2.75) is 12.6 Å². The van der Waals surface area contributed by atoms with Gasteiger partial charge in [0.05, 0.1) is 0 Å². The summed E-state index contributed by atoms with van der Waals surface area (Å²) in [5, 5.41) is 18.5. The molecule has 1 amide bonds. The van der Waals surface area contributed by atoms with E-state index in [1.54, 1.807) is 12.1 Å². The van der Waals surface area contributed by atoms with Crippen LogP contribution in [0.15, 0.2) is 52.6 Å². The molecule has 1 aromatic heterocycles. The molecule has 2 rings (SSSR count). The molecule has 0 aliphatic heterocycles. The Kier molecular flexibility index (Phi) is 8.62. The fraction of sp³-hybridized carbons (Fsp3) is 0.167. The molecule has 0 atom stereocenters. The lowest BCUT2D eigenvalue weighted by molar-refractivity contribution is -0.192. The lowest BCUT2D eigenvalue weighted by atomic mass is 10.2. The van der Waals surface area contributed by atoms with Crippen molar-refractivity contribution in [3.63, 3.8) is 0 Å². The van der Waals surface area contributed by atoms with Gasteiger partial charge < -0.3 is 25.7 Å². The van der Waals surface area contributed by atoms with Gasteiger partial charge in [-0.1, -0.05) is 30.3 Å². The van der Waals surface area contributed by atoms with E-state index in [1.165, 1.54) is 6.08 Å². The van der Waals surface area contributed by atoms with E-state index >= 15 is 0 Å². The average Bonchev–Trinajstić information content (AvgIpc) is 3.10. The van der Waals surface area contributed by atoms with Crippen molar-refractivity contribution in [2.24, 2.45) is 5.73 Å². The number of carbonyl (C=O) groups excluding carboxylic acids is 1. The molecule has 0 saturated heterocycles. The molecule has 156 valence electrons. The molecular weight excluding hydrogens is 397 g/mol. The van der Waals surface area contributed by atoms with Crippen LogP contribution in [-0.2, 0) is 14.4 Å². The second-order valence-electron chi connectivity index (χ2n) is 5.32. The second kappa shape index (κ2) is 10.7. The van der Waals surface area contributed by atoms with Crippen molar-refractivity contribution >= 4 is 23.9 Å². The molecule has 0 saturated carbocycles. The van der Waals surface area contributed by atoms with E-state index in [2.05, 4.69) is 5.32 Å². The SMILES string of the molecule is NCCC(=O)NC(=Cc1ccc(-c2ccccc2)o1)C(=O)O.O=C(O)C(F)(F)F. The average molecular weight is 414 g/mol. The van der Waals surface area contributed by atoms with Crippen LogP contribution in [0.5, 0.6) is 0 Å². The van der Waals surface area contributed by atoms with E-state index in [1.807, 2.05) is 30.3 Å². The number of rotatable bonds is 6. The predicted molar refractivity (Wildman–Crippen MR) is 95.3 cm³/mol. The van der Waals surface area contributed by atoms with Crippen LogP contribution in [0.4, 0.5) is 13.2 Å². The minimum absolute atomic E-state index is 0.0536. The zero-order valence-electron chi connectivity index (χ0n) is 14.8. The Balaban J connectivity index is 0.000000516. The van der Waals surface area contributed by atoms with E-state index < -0.39 is 24.0 Å². The maximum Gasteiger partial charge on any atom is 0.490 e. The molecule has 0 unspecified atom stereocenters. The van der Waals surface area contributed by atoms with E-state index in [4.69, 9.17) is 25.2 Å².